The second-order valence-corrected chi connectivity index (χ2v) is 6.97. The highest BCUT2D eigenvalue weighted by atomic mass is 35.5. The smallest absolute Gasteiger partial charge is 0.254 e. The van der Waals surface area contributed by atoms with Crippen LogP contribution in [0, 0.1) is 12.3 Å². The van der Waals surface area contributed by atoms with E-state index in [9.17, 15) is 4.79 Å². The number of halogens is 1. The Morgan fingerprint density at radius 1 is 1.11 bits per heavy atom. The topological polar surface area (TPSA) is 32.8 Å². The molecule has 27 heavy (non-hydrogen) atoms. The first-order chi connectivity index (χ1) is 13.2. The van der Waals surface area contributed by atoms with E-state index in [1.807, 2.05) is 53.4 Å². The summed E-state index contributed by atoms with van der Waals surface area (Å²) in [6, 6.07) is 14.9. The van der Waals surface area contributed by atoms with Crippen LogP contribution >= 0.6 is 11.6 Å². The lowest BCUT2D eigenvalue weighted by atomic mass is 10.1. The third-order valence-corrected chi connectivity index (χ3v) is 4.88. The summed E-state index contributed by atoms with van der Waals surface area (Å²) in [4.78, 5) is 17.0. The van der Waals surface area contributed by atoms with Crippen LogP contribution in [0.2, 0.25) is 5.02 Å². The molecule has 1 fully saturated rings. The van der Waals surface area contributed by atoms with Crippen molar-refractivity contribution >= 4 is 17.5 Å². The van der Waals surface area contributed by atoms with E-state index in [1.165, 1.54) is 0 Å². The van der Waals surface area contributed by atoms with Gasteiger partial charge in [0.2, 0.25) is 0 Å². The summed E-state index contributed by atoms with van der Waals surface area (Å²) >= 11 is 5.90. The van der Waals surface area contributed by atoms with Crippen LogP contribution in [-0.4, -0.2) is 48.4 Å². The van der Waals surface area contributed by atoms with Gasteiger partial charge in [0, 0.05) is 49.7 Å². The van der Waals surface area contributed by atoms with Gasteiger partial charge in [-0.2, -0.15) is 0 Å². The number of carbonyl (C=O) groups is 1. The fourth-order valence-electron chi connectivity index (χ4n) is 3.05. The fraction of sp³-hybridized carbons (Fsp3) is 0.318. The molecule has 5 heteroatoms. The predicted octanol–water partition coefficient (Wildman–Crippen LogP) is 3.70. The SMILES string of the molecule is C#CCCN1CCN(C(=O)c2cccc(OCc3ccc(Cl)cc3)c2)CC1. The van der Waals surface area contributed by atoms with Crippen molar-refractivity contribution in [2.24, 2.45) is 0 Å². The molecule has 0 aliphatic carbocycles. The number of piperazine rings is 1. The molecular formula is C22H23ClN2O2. The van der Waals surface area contributed by atoms with Crippen molar-refractivity contribution in [3.05, 3.63) is 64.7 Å². The van der Waals surface area contributed by atoms with Crippen LogP contribution in [0.25, 0.3) is 0 Å². The second kappa shape index (κ2) is 9.45. The van der Waals surface area contributed by atoms with Crippen LogP contribution in [0.1, 0.15) is 22.3 Å². The highest BCUT2D eigenvalue weighted by molar-refractivity contribution is 6.30. The summed E-state index contributed by atoms with van der Waals surface area (Å²) in [5, 5.41) is 0.700. The van der Waals surface area contributed by atoms with Gasteiger partial charge in [-0.25, -0.2) is 0 Å². The molecule has 1 saturated heterocycles. The molecule has 0 unspecified atom stereocenters. The monoisotopic (exact) mass is 382 g/mol. The molecule has 1 aliphatic rings. The van der Waals surface area contributed by atoms with E-state index < -0.39 is 0 Å². The maximum atomic E-state index is 12.8. The molecule has 0 saturated carbocycles. The van der Waals surface area contributed by atoms with E-state index in [4.69, 9.17) is 22.8 Å². The van der Waals surface area contributed by atoms with Gasteiger partial charge in [-0.1, -0.05) is 29.8 Å². The van der Waals surface area contributed by atoms with Crippen molar-refractivity contribution in [3.63, 3.8) is 0 Å². The zero-order valence-corrected chi connectivity index (χ0v) is 16.0. The van der Waals surface area contributed by atoms with Gasteiger partial charge in [0.15, 0.2) is 0 Å². The molecule has 0 spiro atoms. The standard InChI is InChI=1S/C22H23ClN2O2/c1-2-3-11-24-12-14-25(15-13-24)22(26)19-5-4-6-21(16-19)27-17-18-7-9-20(23)10-8-18/h1,4-10,16H,3,11-15,17H2. The Kier molecular flexibility index (Phi) is 6.75. The molecule has 140 valence electrons. The molecule has 0 radical (unpaired) electrons. The van der Waals surface area contributed by atoms with E-state index in [2.05, 4.69) is 10.8 Å². The van der Waals surface area contributed by atoms with Crippen molar-refractivity contribution in [3.8, 4) is 18.1 Å². The van der Waals surface area contributed by atoms with Crippen LogP contribution in [0.15, 0.2) is 48.5 Å². The largest absolute Gasteiger partial charge is 0.489 e. The highest BCUT2D eigenvalue weighted by Crippen LogP contribution is 2.18. The molecule has 1 amide bonds. The number of carbonyl (C=O) groups excluding carboxylic acids is 1. The van der Waals surface area contributed by atoms with E-state index in [0.29, 0.717) is 22.9 Å². The number of terminal acetylenes is 1. The van der Waals surface area contributed by atoms with Crippen LogP contribution in [-0.2, 0) is 6.61 Å². The summed E-state index contributed by atoms with van der Waals surface area (Å²) in [6.45, 7) is 4.49. The van der Waals surface area contributed by atoms with E-state index in [1.54, 1.807) is 0 Å². The lowest BCUT2D eigenvalue weighted by molar-refractivity contribution is 0.0639. The van der Waals surface area contributed by atoms with Gasteiger partial charge >= 0.3 is 0 Å². The van der Waals surface area contributed by atoms with Crippen molar-refractivity contribution in [1.29, 1.82) is 0 Å². The lowest BCUT2D eigenvalue weighted by Crippen LogP contribution is -2.48. The molecule has 0 atom stereocenters. The Hall–Kier alpha value is -2.48. The van der Waals surface area contributed by atoms with Gasteiger partial charge in [0.1, 0.15) is 12.4 Å². The number of amides is 1. The number of hydrogen-bond acceptors (Lipinski definition) is 3. The normalized spacial score (nSPS) is 14.6. The maximum Gasteiger partial charge on any atom is 0.254 e. The van der Waals surface area contributed by atoms with Crippen LogP contribution < -0.4 is 4.74 Å². The zero-order chi connectivity index (χ0) is 19.1. The highest BCUT2D eigenvalue weighted by Gasteiger charge is 2.22. The molecule has 0 aromatic heterocycles. The van der Waals surface area contributed by atoms with Crippen molar-refractivity contribution in [2.45, 2.75) is 13.0 Å². The fourth-order valence-corrected chi connectivity index (χ4v) is 3.17. The first-order valence-electron chi connectivity index (χ1n) is 9.08. The quantitative estimate of drug-likeness (QED) is 0.714. The Balaban J connectivity index is 1.56. The first-order valence-corrected chi connectivity index (χ1v) is 9.46. The molecule has 0 bridgehead atoms. The maximum absolute atomic E-state index is 12.8. The lowest BCUT2D eigenvalue weighted by Gasteiger charge is -2.34. The van der Waals surface area contributed by atoms with Gasteiger partial charge in [-0.15, -0.1) is 12.3 Å². The molecule has 2 aromatic rings. The van der Waals surface area contributed by atoms with Crippen molar-refractivity contribution in [1.82, 2.24) is 9.80 Å². The minimum Gasteiger partial charge on any atom is -0.489 e. The number of ether oxygens (including phenoxy) is 1. The first kappa shape index (κ1) is 19.3. The van der Waals surface area contributed by atoms with Gasteiger partial charge in [-0.3, -0.25) is 9.69 Å². The average Bonchev–Trinajstić information content (AvgIpc) is 2.72. The predicted molar refractivity (Wildman–Crippen MR) is 108 cm³/mol. The molecular weight excluding hydrogens is 360 g/mol. The third kappa shape index (κ3) is 5.50. The van der Waals surface area contributed by atoms with Crippen molar-refractivity contribution < 1.29 is 9.53 Å². The molecule has 3 rings (SSSR count). The number of rotatable bonds is 6. The number of hydrogen-bond donors (Lipinski definition) is 0. The Morgan fingerprint density at radius 2 is 1.85 bits per heavy atom. The van der Waals surface area contributed by atoms with E-state index in [0.717, 1.165) is 44.7 Å². The van der Waals surface area contributed by atoms with Gasteiger partial charge in [0.05, 0.1) is 0 Å². The number of benzene rings is 2. The molecule has 4 nitrogen and oxygen atoms in total. The summed E-state index contributed by atoms with van der Waals surface area (Å²) in [5.74, 6) is 3.39. The van der Waals surface area contributed by atoms with Crippen LogP contribution in [0.5, 0.6) is 5.75 Å². The van der Waals surface area contributed by atoms with E-state index in [-0.39, 0.29) is 5.91 Å². The minimum atomic E-state index is 0.0449. The molecule has 0 N–H and O–H groups in total. The van der Waals surface area contributed by atoms with Gasteiger partial charge in [0.25, 0.3) is 5.91 Å². The number of nitrogens with zero attached hydrogens (tertiary/aromatic N) is 2. The van der Waals surface area contributed by atoms with Crippen LogP contribution in [0.4, 0.5) is 0 Å². The van der Waals surface area contributed by atoms with Crippen LogP contribution in [0.3, 0.4) is 0 Å². The van der Waals surface area contributed by atoms with Gasteiger partial charge < -0.3 is 9.64 Å². The second-order valence-electron chi connectivity index (χ2n) is 6.53. The van der Waals surface area contributed by atoms with Gasteiger partial charge in [-0.05, 0) is 35.9 Å². The Labute approximate surface area is 165 Å². The average molecular weight is 383 g/mol. The Bertz CT molecular complexity index is 806. The third-order valence-electron chi connectivity index (χ3n) is 4.63. The van der Waals surface area contributed by atoms with E-state index >= 15 is 0 Å². The molecule has 1 aliphatic heterocycles. The zero-order valence-electron chi connectivity index (χ0n) is 15.2. The summed E-state index contributed by atoms with van der Waals surface area (Å²) < 4.78 is 5.83. The molecule has 1 heterocycles. The summed E-state index contributed by atoms with van der Waals surface area (Å²) in [6.07, 6.45) is 6.07. The summed E-state index contributed by atoms with van der Waals surface area (Å²) in [5.41, 5.74) is 1.68. The Morgan fingerprint density at radius 3 is 2.56 bits per heavy atom. The minimum absolute atomic E-state index is 0.0449. The molecule has 2 aromatic carbocycles. The summed E-state index contributed by atoms with van der Waals surface area (Å²) in [7, 11) is 0. The van der Waals surface area contributed by atoms with Crippen molar-refractivity contribution in [2.75, 3.05) is 32.7 Å².